The zero-order valence-corrected chi connectivity index (χ0v) is 15.4. The molecule has 128 valence electrons. The van der Waals surface area contributed by atoms with Gasteiger partial charge in [0, 0.05) is 22.2 Å². The second kappa shape index (κ2) is 8.34. The van der Waals surface area contributed by atoms with Gasteiger partial charge in [-0.2, -0.15) is 0 Å². The molecule has 0 aliphatic carbocycles. The fourth-order valence-corrected chi connectivity index (χ4v) is 3.43. The van der Waals surface area contributed by atoms with Crippen LogP contribution in [0.2, 0.25) is 5.02 Å². The summed E-state index contributed by atoms with van der Waals surface area (Å²) < 4.78 is 4.91. The van der Waals surface area contributed by atoms with Crippen molar-refractivity contribution < 1.29 is 9.53 Å². The number of aromatic nitrogens is 1. The number of alkyl halides is 1. The van der Waals surface area contributed by atoms with E-state index in [9.17, 15) is 4.79 Å². The highest BCUT2D eigenvalue weighted by molar-refractivity contribution is 7.13. The molecule has 0 fully saturated rings. The zero-order chi connectivity index (χ0) is 17.6. The van der Waals surface area contributed by atoms with Crippen molar-refractivity contribution in [2.24, 2.45) is 0 Å². The molecule has 0 aliphatic rings. The van der Waals surface area contributed by atoms with Crippen LogP contribution in [0.4, 0.5) is 10.5 Å². The van der Waals surface area contributed by atoms with Gasteiger partial charge in [0.2, 0.25) is 0 Å². The van der Waals surface area contributed by atoms with E-state index in [0.717, 1.165) is 21.8 Å². The Kier molecular flexibility index (Phi) is 5.91. The summed E-state index contributed by atoms with van der Waals surface area (Å²) in [6.45, 7) is 0.167. The van der Waals surface area contributed by atoms with E-state index in [-0.39, 0.29) is 12.5 Å². The van der Waals surface area contributed by atoms with Crippen molar-refractivity contribution in [3.8, 4) is 21.8 Å². The van der Waals surface area contributed by atoms with E-state index in [4.69, 9.17) is 27.9 Å². The SMILES string of the molecule is O=C(Nc1cccc(-c2csc(-c3ccccc3Cl)n2)c1)OCCCl. The summed E-state index contributed by atoms with van der Waals surface area (Å²) in [6, 6.07) is 15.0. The van der Waals surface area contributed by atoms with E-state index in [1.165, 1.54) is 11.3 Å². The number of nitrogens with one attached hydrogen (secondary N) is 1. The van der Waals surface area contributed by atoms with Crippen LogP contribution in [0.1, 0.15) is 0 Å². The van der Waals surface area contributed by atoms with Crippen molar-refractivity contribution in [3.63, 3.8) is 0 Å². The van der Waals surface area contributed by atoms with E-state index >= 15 is 0 Å². The van der Waals surface area contributed by atoms with Gasteiger partial charge in [-0.05, 0) is 18.2 Å². The summed E-state index contributed by atoms with van der Waals surface area (Å²) in [5, 5.41) is 6.15. The van der Waals surface area contributed by atoms with Crippen molar-refractivity contribution in [1.29, 1.82) is 0 Å². The molecule has 0 atom stereocenters. The fraction of sp³-hybridized carbons (Fsp3) is 0.111. The third-order valence-electron chi connectivity index (χ3n) is 3.32. The number of hydrogen-bond donors (Lipinski definition) is 1. The molecule has 7 heteroatoms. The highest BCUT2D eigenvalue weighted by Gasteiger charge is 2.10. The Morgan fingerprint density at radius 1 is 1.20 bits per heavy atom. The van der Waals surface area contributed by atoms with Gasteiger partial charge in [0.05, 0.1) is 16.6 Å². The minimum atomic E-state index is -0.534. The Morgan fingerprint density at radius 2 is 2.04 bits per heavy atom. The number of rotatable bonds is 5. The summed E-state index contributed by atoms with van der Waals surface area (Å²) in [5.41, 5.74) is 3.24. The molecule has 0 saturated carbocycles. The zero-order valence-electron chi connectivity index (χ0n) is 13.0. The summed E-state index contributed by atoms with van der Waals surface area (Å²) in [5.74, 6) is 0.261. The maximum Gasteiger partial charge on any atom is 0.411 e. The van der Waals surface area contributed by atoms with Crippen molar-refractivity contribution >= 4 is 46.3 Å². The molecule has 1 heterocycles. The number of carbonyl (C=O) groups excluding carboxylic acids is 1. The molecule has 3 rings (SSSR count). The van der Waals surface area contributed by atoms with Crippen molar-refractivity contribution in [1.82, 2.24) is 4.98 Å². The van der Waals surface area contributed by atoms with Gasteiger partial charge in [-0.3, -0.25) is 5.32 Å². The highest BCUT2D eigenvalue weighted by atomic mass is 35.5. The lowest BCUT2D eigenvalue weighted by molar-refractivity contribution is 0.168. The molecule has 25 heavy (non-hydrogen) atoms. The lowest BCUT2D eigenvalue weighted by atomic mass is 10.1. The number of carbonyl (C=O) groups is 1. The standard InChI is InChI=1S/C18H14Cl2N2O2S/c19-8-9-24-18(23)21-13-5-3-4-12(10-13)16-11-25-17(22-16)14-6-1-2-7-15(14)20/h1-7,10-11H,8-9H2,(H,21,23). The Hall–Kier alpha value is -2.08. The van der Waals surface area contributed by atoms with E-state index < -0.39 is 6.09 Å². The van der Waals surface area contributed by atoms with Gasteiger partial charge in [0.25, 0.3) is 0 Å². The number of halogens is 2. The second-order valence-corrected chi connectivity index (χ2v) is 6.69. The van der Waals surface area contributed by atoms with Crippen LogP contribution in [0.25, 0.3) is 21.8 Å². The van der Waals surface area contributed by atoms with Crippen molar-refractivity contribution in [2.45, 2.75) is 0 Å². The number of anilines is 1. The molecule has 0 bridgehead atoms. The van der Waals surface area contributed by atoms with E-state index in [0.29, 0.717) is 10.7 Å². The van der Waals surface area contributed by atoms with Crippen LogP contribution in [0.5, 0.6) is 0 Å². The molecule has 2 aromatic carbocycles. The second-order valence-electron chi connectivity index (χ2n) is 5.05. The first-order chi connectivity index (χ1) is 12.2. The van der Waals surface area contributed by atoms with Crippen LogP contribution < -0.4 is 5.32 Å². The number of amides is 1. The molecule has 4 nitrogen and oxygen atoms in total. The Morgan fingerprint density at radius 3 is 2.84 bits per heavy atom. The monoisotopic (exact) mass is 392 g/mol. The summed E-state index contributed by atoms with van der Waals surface area (Å²) in [7, 11) is 0. The number of hydrogen-bond acceptors (Lipinski definition) is 4. The molecule has 0 aliphatic heterocycles. The average Bonchev–Trinajstić information content (AvgIpc) is 3.10. The van der Waals surface area contributed by atoms with E-state index in [2.05, 4.69) is 10.3 Å². The van der Waals surface area contributed by atoms with Gasteiger partial charge in [-0.1, -0.05) is 41.9 Å². The average molecular weight is 393 g/mol. The first-order valence-corrected chi connectivity index (χ1v) is 9.27. The van der Waals surface area contributed by atoms with Crippen LogP contribution in [0.3, 0.4) is 0 Å². The van der Waals surface area contributed by atoms with Gasteiger partial charge >= 0.3 is 6.09 Å². The molecular weight excluding hydrogens is 379 g/mol. The maximum atomic E-state index is 11.6. The Balaban J connectivity index is 1.80. The van der Waals surface area contributed by atoms with Crippen LogP contribution in [-0.2, 0) is 4.74 Å². The van der Waals surface area contributed by atoms with Crippen LogP contribution >= 0.6 is 34.5 Å². The fourth-order valence-electron chi connectivity index (χ4n) is 2.21. The summed E-state index contributed by atoms with van der Waals surface area (Å²) in [6.07, 6.45) is -0.534. The van der Waals surface area contributed by atoms with Gasteiger partial charge < -0.3 is 4.74 Å². The van der Waals surface area contributed by atoms with Crippen molar-refractivity contribution in [3.05, 3.63) is 58.9 Å². The molecule has 3 aromatic rings. The van der Waals surface area contributed by atoms with Crippen LogP contribution in [-0.4, -0.2) is 23.6 Å². The minimum Gasteiger partial charge on any atom is -0.448 e. The smallest absolute Gasteiger partial charge is 0.411 e. The normalized spacial score (nSPS) is 10.5. The first-order valence-electron chi connectivity index (χ1n) is 7.48. The number of nitrogens with zero attached hydrogens (tertiary/aromatic N) is 1. The topological polar surface area (TPSA) is 51.2 Å². The predicted octanol–water partition coefficient (Wildman–Crippen LogP) is 5.92. The summed E-state index contributed by atoms with van der Waals surface area (Å²) in [4.78, 5) is 16.3. The van der Waals surface area contributed by atoms with E-state index in [1.807, 2.05) is 47.8 Å². The molecule has 1 N–H and O–H groups in total. The molecule has 0 radical (unpaired) electrons. The minimum absolute atomic E-state index is 0.167. The lowest BCUT2D eigenvalue weighted by Crippen LogP contribution is -2.14. The lowest BCUT2D eigenvalue weighted by Gasteiger charge is -2.06. The number of ether oxygens (including phenoxy) is 1. The highest BCUT2D eigenvalue weighted by Crippen LogP contribution is 2.33. The Labute approximate surface area is 159 Å². The van der Waals surface area contributed by atoms with Gasteiger partial charge in [0.15, 0.2) is 0 Å². The quantitative estimate of drug-likeness (QED) is 0.548. The summed E-state index contributed by atoms with van der Waals surface area (Å²) >= 11 is 13.3. The molecule has 1 amide bonds. The van der Waals surface area contributed by atoms with Crippen molar-refractivity contribution in [2.75, 3.05) is 17.8 Å². The third-order valence-corrected chi connectivity index (χ3v) is 4.68. The van der Waals surface area contributed by atoms with Crippen LogP contribution in [0.15, 0.2) is 53.9 Å². The number of thiazole rings is 1. The first kappa shape index (κ1) is 17.7. The largest absolute Gasteiger partial charge is 0.448 e. The van der Waals surface area contributed by atoms with E-state index in [1.54, 1.807) is 6.07 Å². The van der Waals surface area contributed by atoms with Gasteiger partial charge in [-0.15, -0.1) is 22.9 Å². The molecule has 0 saturated heterocycles. The van der Waals surface area contributed by atoms with Gasteiger partial charge in [0.1, 0.15) is 11.6 Å². The predicted molar refractivity (Wildman–Crippen MR) is 104 cm³/mol. The maximum absolute atomic E-state index is 11.6. The third kappa shape index (κ3) is 4.51. The molecular formula is C18H14Cl2N2O2S. The van der Waals surface area contributed by atoms with Crippen LogP contribution in [0, 0.1) is 0 Å². The molecule has 1 aromatic heterocycles. The Bertz CT molecular complexity index is 883. The molecule has 0 spiro atoms. The molecule has 0 unspecified atom stereocenters. The number of benzene rings is 2. The van der Waals surface area contributed by atoms with Gasteiger partial charge in [-0.25, -0.2) is 9.78 Å².